The molecular weight excluding hydrogens is 294 g/mol. The maximum absolute atomic E-state index is 12.3. The van der Waals surface area contributed by atoms with E-state index in [1.807, 2.05) is 44.2 Å². The van der Waals surface area contributed by atoms with E-state index < -0.39 is 23.7 Å². The van der Waals surface area contributed by atoms with Gasteiger partial charge in [0.1, 0.15) is 18.2 Å². The summed E-state index contributed by atoms with van der Waals surface area (Å²) in [4.78, 5) is 24.3. The Morgan fingerprint density at radius 2 is 1.78 bits per heavy atom. The fourth-order valence-electron chi connectivity index (χ4n) is 1.93. The summed E-state index contributed by atoms with van der Waals surface area (Å²) < 4.78 is 10.6. The molecule has 1 aromatic carbocycles. The van der Waals surface area contributed by atoms with Gasteiger partial charge in [0.15, 0.2) is 0 Å². The monoisotopic (exact) mass is 321 g/mol. The first-order valence-corrected chi connectivity index (χ1v) is 7.93. The highest BCUT2D eigenvalue weighted by Crippen LogP contribution is 2.15. The van der Waals surface area contributed by atoms with E-state index in [1.54, 1.807) is 20.8 Å². The Balaban J connectivity index is 2.62. The zero-order valence-corrected chi connectivity index (χ0v) is 14.6. The van der Waals surface area contributed by atoms with Crippen molar-refractivity contribution in [3.05, 3.63) is 35.9 Å². The van der Waals surface area contributed by atoms with Crippen LogP contribution in [0.25, 0.3) is 0 Å². The molecule has 5 heteroatoms. The molecule has 2 atom stereocenters. The second-order valence-electron chi connectivity index (χ2n) is 6.60. The Labute approximate surface area is 138 Å². The lowest BCUT2D eigenvalue weighted by Crippen LogP contribution is -2.47. The number of carbonyl (C=O) groups excluding carboxylic acids is 2. The first-order chi connectivity index (χ1) is 10.7. The maximum atomic E-state index is 12.3. The smallest absolute Gasteiger partial charge is 0.408 e. The highest BCUT2D eigenvalue weighted by Gasteiger charge is 2.30. The molecule has 0 aliphatic heterocycles. The zero-order chi connectivity index (χ0) is 17.5. The van der Waals surface area contributed by atoms with Crippen molar-refractivity contribution in [1.29, 1.82) is 0 Å². The second kappa shape index (κ2) is 8.56. The Morgan fingerprint density at radius 1 is 1.17 bits per heavy atom. The van der Waals surface area contributed by atoms with E-state index in [2.05, 4.69) is 5.32 Å². The molecule has 128 valence electrons. The molecule has 23 heavy (non-hydrogen) atoms. The van der Waals surface area contributed by atoms with Crippen molar-refractivity contribution in [2.75, 3.05) is 0 Å². The van der Waals surface area contributed by atoms with Crippen molar-refractivity contribution in [1.82, 2.24) is 5.32 Å². The molecule has 0 spiro atoms. The summed E-state index contributed by atoms with van der Waals surface area (Å²) in [6.45, 7) is 9.41. The van der Waals surface area contributed by atoms with Crippen molar-refractivity contribution >= 4 is 12.1 Å². The summed E-state index contributed by atoms with van der Waals surface area (Å²) in [5.74, 6) is -0.488. The normalized spacial score (nSPS) is 13.8. The summed E-state index contributed by atoms with van der Waals surface area (Å²) in [5.41, 5.74) is 0.290. The summed E-state index contributed by atoms with van der Waals surface area (Å²) >= 11 is 0. The van der Waals surface area contributed by atoms with Gasteiger partial charge in [-0.3, -0.25) is 0 Å². The van der Waals surface area contributed by atoms with Gasteiger partial charge in [-0.05, 0) is 32.3 Å². The zero-order valence-electron chi connectivity index (χ0n) is 14.6. The Kier molecular flexibility index (Phi) is 7.07. The molecule has 1 rings (SSSR count). The molecule has 1 amide bonds. The van der Waals surface area contributed by atoms with E-state index in [-0.39, 0.29) is 12.5 Å². The summed E-state index contributed by atoms with van der Waals surface area (Å²) in [7, 11) is 0. The highest BCUT2D eigenvalue weighted by atomic mass is 16.6. The van der Waals surface area contributed by atoms with Gasteiger partial charge >= 0.3 is 12.1 Å². The lowest BCUT2D eigenvalue weighted by atomic mass is 9.99. The number of amides is 1. The molecule has 0 heterocycles. The lowest BCUT2D eigenvalue weighted by Gasteiger charge is -2.27. The highest BCUT2D eigenvalue weighted by molar-refractivity contribution is 5.81. The molecule has 1 aromatic rings. The van der Waals surface area contributed by atoms with Gasteiger partial charge in [0.25, 0.3) is 0 Å². The van der Waals surface area contributed by atoms with E-state index in [0.717, 1.165) is 12.0 Å². The van der Waals surface area contributed by atoms with Crippen LogP contribution in [0.2, 0.25) is 0 Å². The van der Waals surface area contributed by atoms with Crippen molar-refractivity contribution < 1.29 is 19.1 Å². The second-order valence-corrected chi connectivity index (χ2v) is 6.60. The van der Waals surface area contributed by atoms with Crippen LogP contribution in [0.4, 0.5) is 4.79 Å². The van der Waals surface area contributed by atoms with Gasteiger partial charge in [-0.15, -0.1) is 0 Å². The van der Waals surface area contributed by atoms with Crippen LogP contribution in [0, 0.1) is 5.92 Å². The molecule has 0 fully saturated rings. The van der Waals surface area contributed by atoms with E-state index >= 15 is 0 Å². The van der Waals surface area contributed by atoms with Crippen LogP contribution in [0.1, 0.15) is 46.6 Å². The first kappa shape index (κ1) is 19.0. The average molecular weight is 321 g/mol. The van der Waals surface area contributed by atoms with E-state index in [4.69, 9.17) is 9.47 Å². The molecule has 0 saturated carbocycles. The summed E-state index contributed by atoms with van der Waals surface area (Å²) in [6, 6.07) is 8.66. The predicted molar refractivity (Wildman–Crippen MR) is 88.9 cm³/mol. The molecule has 5 nitrogen and oxygen atoms in total. The molecule has 0 saturated heterocycles. The molecule has 1 N–H and O–H groups in total. The minimum Gasteiger partial charge on any atom is -0.458 e. The van der Waals surface area contributed by atoms with Crippen molar-refractivity contribution in [3.8, 4) is 0 Å². The van der Waals surface area contributed by atoms with Crippen molar-refractivity contribution in [2.45, 2.75) is 59.3 Å². The van der Waals surface area contributed by atoms with Crippen LogP contribution in [-0.2, 0) is 20.9 Å². The van der Waals surface area contributed by atoms with Crippen LogP contribution in [0.5, 0.6) is 0 Å². The van der Waals surface area contributed by atoms with Gasteiger partial charge in [-0.1, -0.05) is 50.6 Å². The predicted octanol–water partition coefficient (Wildman–Crippen LogP) is 3.67. The van der Waals surface area contributed by atoms with Crippen LogP contribution in [0.15, 0.2) is 30.3 Å². The van der Waals surface area contributed by atoms with Gasteiger partial charge < -0.3 is 14.8 Å². The number of esters is 1. The first-order valence-electron chi connectivity index (χ1n) is 7.93. The molecule has 0 radical (unpaired) electrons. The third kappa shape index (κ3) is 7.17. The average Bonchev–Trinajstić information content (AvgIpc) is 2.49. The summed E-state index contributed by atoms with van der Waals surface area (Å²) in [6.07, 6.45) is 0.119. The van der Waals surface area contributed by atoms with Gasteiger partial charge in [0, 0.05) is 0 Å². The minimum absolute atomic E-state index is 0.0471. The Bertz CT molecular complexity index is 508. The molecule has 0 aliphatic rings. The number of alkyl carbamates (subject to hydrolysis) is 1. The fourth-order valence-corrected chi connectivity index (χ4v) is 1.93. The number of benzene rings is 1. The lowest BCUT2D eigenvalue weighted by molar-refractivity contribution is -0.158. The largest absolute Gasteiger partial charge is 0.458 e. The Hall–Kier alpha value is -2.04. The van der Waals surface area contributed by atoms with Crippen molar-refractivity contribution in [3.63, 3.8) is 0 Å². The van der Waals surface area contributed by atoms with Gasteiger partial charge in [-0.25, -0.2) is 9.59 Å². The third-order valence-corrected chi connectivity index (χ3v) is 3.36. The Morgan fingerprint density at radius 3 is 2.30 bits per heavy atom. The molecule has 0 aliphatic carbocycles. The van der Waals surface area contributed by atoms with E-state index in [1.165, 1.54) is 0 Å². The molecule has 0 aromatic heterocycles. The van der Waals surface area contributed by atoms with Gasteiger partial charge in [0.2, 0.25) is 0 Å². The van der Waals surface area contributed by atoms with E-state index in [0.29, 0.717) is 0 Å². The number of rotatable bonds is 6. The standard InChI is InChI=1S/C18H27NO4/c1-6-13(2)15(16(20)23-18(3,4)5)19-17(21)22-12-14-10-8-7-9-11-14/h7-11,13,15H,6,12H2,1-5H3,(H,19,21)/t13-,15-/m0/s1. The van der Waals surface area contributed by atoms with Gasteiger partial charge in [0.05, 0.1) is 0 Å². The SMILES string of the molecule is CC[C@H](C)[C@H](NC(=O)OCc1ccccc1)C(=O)OC(C)(C)C. The summed E-state index contributed by atoms with van der Waals surface area (Å²) in [5, 5.41) is 2.62. The maximum Gasteiger partial charge on any atom is 0.408 e. The van der Waals surface area contributed by atoms with Crippen LogP contribution in [-0.4, -0.2) is 23.7 Å². The number of nitrogens with one attached hydrogen (secondary N) is 1. The number of ether oxygens (including phenoxy) is 2. The molecule has 0 bridgehead atoms. The molecule has 0 unspecified atom stereocenters. The van der Waals surface area contributed by atoms with Crippen molar-refractivity contribution in [2.24, 2.45) is 5.92 Å². The van der Waals surface area contributed by atoms with Gasteiger partial charge in [-0.2, -0.15) is 0 Å². The quantitative estimate of drug-likeness (QED) is 0.812. The van der Waals surface area contributed by atoms with Crippen LogP contribution in [0.3, 0.4) is 0 Å². The van der Waals surface area contributed by atoms with Crippen LogP contribution >= 0.6 is 0 Å². The number of hydrogen-bond acceptors (Lipinski definition) is 4. The number of hydrogen-bond donors (Lipinski definition) is 1. The third-order valence-electron chi connectivity index (χ3n) is 3.36. The topological polar surface area (TPSA) is 64.6 Å². The van der Waals surface area contributed by atoms with Crippen LogP contribution < -0.4 is 5.32 Å². The number of carbonyl (C=O) groups is 2. The minimum atomic E-state index is -0.720. The van der Waals surface area contributed by atoms with E-state index in [9.17, 15) is 9.59 Å². The molecular formula is C18H27NO4. The fraction of sp³-hybridized carbons (Fsp3) is 0.556.